The summed E-state index contributed by atoms with van der Waals surface area (Å²) in [7, 11) is 1.60. The lowest BCUT2D eigenvalue weighted by Gasteiger charge is -2.18. The van der Waals surface area contributed by atoms with Crippen molar-refractivity contribution in [2.24, 2.45) is 0 Å². The molecule has 0 aromatic heterocycles. The third kappa shape index (κ3) is 6.22. The fraction of sp³-hybridized carbons (Fsp3) is 1.00. The Morgan fingerprint density at radius 1 is 1.36 bits per heavy atom. The second kappa shape index (κ2) is 7.91. The van der Waals surface area contributed by atoms with Crippen LogP contribution in [0.3, 0.4) is 0 Å². The van der Waals surface area contributed by atoms with Crippen molar-refractivity contribution < 1.29 is 14.2 Å². The molecule has 1 N–H and O–H groups in total. The minimum absolute atomic E-state index is 0.0731. The third-order valence-corrected chi connectivity index (χ3v) is 1.43. The number of alkyl halides is 1. The average Bonchev–Trinajstić information content (AvgIpc) is 2.01. The zero-order valence-corrected chi connectivity index (χ0v) is 6.92. The first kappa shape index (κ1) is 10.8. The Hall–Kier alpha value is -0.190. The molecule has 3 nitrogen and oxygen atoms in total. The molecule has 0 heterocycles. The van der Waals surface area contributed by atoms with Gasteiger partial charge in [0.25, 0.3) is 0 Å². The lowest BCUT2D eigenvalue weighted by Crippen LogP contribution is -2.32. The smallest absolute Gasteiger partial charge is 0.102 e. The summed E-state index contributed by atoms with van der Waals surface area (Å²) in [6.45, 7) is 1.87. The second-order valence-corrected chi connectivity index (χ2v) is 2.25. The van der Waals surface area contributed by atoms with Crippen molar-refractivity contribution in [2.75, 3.05) is 46.6 Å². The van der Waals surface area contributed by atoms with E-state index in [0.717, 1.165) is 0 Å². The maximum Gasteiger partial charge on any atom is 0.102 e. The van der Waals surface area contributed by atoms with Gasteiger partial charge in [0.15, 0.2) is 0 Å². The van der Waals surface area contributed by atoms with Crippen LogP contribution in [0.4, 0.5) is 4.39 Å². The predicted octanol–water partition coefficient (Wildman–Crippen LogP) is -0.103. The van der Waals surface area contributed by atoms with Gasteiger partial charge in [-0.15, -0.1) is 0 Å². The van der Waals surface area contributed by atoms with E-state index < -0.39 is 0 Å². The molecule has 0 saturated carbocycles. The summed E-state index contributed by atoms with van der Waals surface area (Å²) in [5.74, 6) is 0. The number of ether oxygens (including phenoxy) is 1. The van der Waals surface area contributed by atoms with Crippen molar-refractivity contribution in [3.63, 3.8) is 0 Å². The lowest BCUT2D eigenvalue weighted by molar-refractivity contribution is 0.126. The summed E-state index contributed by atoms with van der Waals surface area (Å²) in [6.07, 6.45) is 0. The molecule has 0 bridgehead atoms. The van der Waals surface area contributed by atoms with Gasteiger partial charge in [-0.2, -0.15) is 0 Å². The summed E-state index contributed by atoms with van der Waals surface area (Å²) < 4.78 is 16.6. The SMILES string of the molecule is COCCN(CCO)CCF. The minimum Gasteiger partial charge on any atom is -0.395 e. The Bertz CT molecular complexity index is 76.8. The average molecular weight is 165 g/mol. The minimum atomic E-state index is -0.371. The van der Waals surface area contributed by atoms with Crippen molar-refractivity contribution in [1.29, 1.82) is 0 Å². The lowest BCUT2D eigenvalue weighted by atomic mass is 10.5. The number of halogens is 1. The maximum atomic E-state index is 11.8. The summed E-state index contributed by atoms with van der Waals surface area (Å²) in [4.78, 5) is 1.82. The number of hydrogen-bond acceptors (Lipinski definition) is 3. The van der Waals surface area contributed by atoms with Gasteiger partial charge < -0.3 is 9.84 Å². The van der Waals surface area contributed by atoms with Gasteiger partial charge in [-0.05, 0) is 0 Å². The molecule has 0 aliphatic rings. The fourth-order valence-corrected chi connectivity index (χ4v) is 0.817. The molecule has 0 rings (SSSR count). The summed E-state index contributed by atoms with van der Waals surface area (Å²) >= 11 is 0. The molecular formula is C7H16FNO2. The molecule has 0 unspecified atom stereocenters. The maximum absolute atomic E-state index is 11.8. The third-order valence-electron chi connectivity index (χ3n) is 1.43. The molecule has 0 atom stereocenters. The Labute approximate surface area is 66.8 Å². The second-order valence-electron chi connectivity index (χ2n) is 2.25. The summed E-state index contributed by atoms with van der Waals surface area (Å²) in [6, 6.07) is 0. The summed E-state index contributed by atoms with van der Waals surface area (Å²) in [5.41, 5.74) is 0. The highest BCUT2D eigenvalue weighted by atomic mass is 19.1. The van der Waals surface area contributed by atoms with Crippen LogP contribution >= 0.6 is 0 Å². The highest BCUT2D eigenvalue weighted by Gasteiger charge is 2.01. The fourth-order valence-electron chi connectivity index (χ4n) is 0.817. The van der Waals surface area contributed by atoms with E-state index in [9.17, 15) is 4.39 Å². The van der Waals surface area contributed by atoms with E-state index in [4.69, 9.17) is 9.84 Å². The Kier molecular flexibility index (Phi) is 7.78. The Balaban J connectivity index is 3.34. The predicted molar refractivity (Wildman–Crippen MR) is 41.4 cm³/mol. The van der Waals surface area contributed by atoms with Gasteiger partial charge in [-0.3, -0.25) is 4.90 Å². The first-order chi connectivity index (χ1) is 5.35. The van der Waals surface area contributed by atoms with Gasteiger partial charge in [-0.25, -0.2) is 4.39 Å². The van der Waals surface area contributed by atoms with Crippen molar-refractivity contribution in [1.82, 2.24) is 4.90 Å². The van der Waals surface area contributed by atoms with E-state index in [2.05, 4.69) is 0 Å². The zero-order valence-electron chi connectivity index (χ0n) is 6.92. The molecule has 0 aromatic rings. The van der Waals surface area contributed by atoms with E-state index in [-0.39, 0.29) is 13.3 Å². The first-order valence-electron chi connectivity index (χ1n) is 3.73. The van der Waals surface area contributed by atoms with Crippen molar-refractivity contribution in [3.05, 3.63) is 0 Å². The molecule has 0 aliphatic heterocycles. The van der Waals surface area contributed by atoms with Gasteiger partial charge in [0.2, 0.25) is 0 Å². The van der Waals surface area contributed by atoms with E-state index >= 15 is 0 Å². The van der Waals surface area contributed by atoms with Gasteiger partial charge in [0.05, 0.1) is 13.2 Å². The number of methoxy groups -OCH3 is 1. The van der Waals surface area contributed by atoms with Gasteiger partial charge in [-0.1, -0.05) is 0 Å². The van der Waals surface area contributed by atoms with Crippen molar-refractivity contribution in [3.8, 4) is 0 Å². The van der Waals surface area contributed by atoms with Crippen LogP contribution < -0.4 is 0 Å². The highest BCUT2D eigenvalue weighted by molar-refractivity contribution is 4.54. The van der Waals surface area contributed by atoms with Crippen LogP contribution in [-0.4, -0.2) is 56.6 Å². The van der Waals surface area contributed by atoms with Crippen LogP contribution in [0, 0.1) is 0 Å². The highest BCUT2D eigenvalue weighted by Crippen LogP contribution is 1.87. The van der Waals surface area contributed by atoms with Crippen LogP contribution in [0.25, 0.3) is 0 Å². The van der Waals surface area contributed by atoms with Gasteiger partial charge in [0, 0.05) is 26.7 Å². The number of hydrogen-bond donors (Lipinski definition) is 1. The molecule has 0 saturated heterocycles. The number of nitrogens with zero attached hydrogens (tertiary/aromatic N) is 1. The number of aliphatic hydroxyl groups is 1. The van der Waals surface area contributed by atoms with E-state index in [1.165, 1.54) is 0 Å². The van der Waals surface area contributed by atoms with Crippen LogP contribution in [0.5, 0.6) is 0 Å². The molecule has 68 valence electrons. The number of aliphatic hydroxyl groups excluding tert-OH is 1. The van der Waals surface area contributed by atoms with Gasteiger partial charge >= 0.3 is 0 Å². The van der Waals surface area contributed by atoms with Gasteiger partial charge in [0.1, 0.15) is 6.67 Å². The number of rotatable bonds is 7. The van der Waals surface area contributed by atoms with Crippen LogP contribution in [0.15, 0.2) is 0 Å². The van der Waals surface area contributed by atoms with Crippen LogP contribution in [-0.2, 0) is 4.74 Å². The largest absolute Gasteiger partial charge is 0.395 e. The molecule has 0 spiro atoms. The van der Waals surface area contributed by atoms with Crippen molar-refractivity contribution in [2.45, 2.75) is 0 Å². The van der Waals surface area contributed by atoms with E-state index in [1.54, 1.807) is 7.11 Å². The van der Waals surface area contributed by atoms with E-state index in [0.29, 0.717) is 26.2 Å². The van der Waals surface area contributed by atoms with E-state index in [1.807, 2.05) is 4.90 Å². The first-order valence-corrected chi connectivity index (χ1v) is 3.73. The molecule has 0 radical (unpaired) electrons. The zero-order chi connectivity index (χ0) is 8.53. The molecule has 0 fully saturated rings. The summed E-state index contributed by atoms with van der Waals surface area (Å²) in [5, 5.41) is 8.56. The monoisotopic (exact) mass is 165 g/mol. The molecule has 4 heteroatoms. The molecule has 0 aliphatic carbocycles. The molecular weight excluding hydrogens is 149 g/mol. The molecule has 0 aromatic carbocycles. The Morgan fingerprint density at radius 2 is 2.09 bits per heavy atom. The van der Waals surface area contributed by atoms with Crippen molar-refractivity contribution >= 4 is 0 Å². The van der Waals surface area contributed by atoms with Crippen LogP contribution in [0.2, 0.25) is 0 Å². The standard InChI is InChI=1S/C7H16FNO2/c1-11-7-5-9(3-2-8)4-6-10/h10H,2-7H2,1H3. The van der Waals surface area contributed by atoms with Crippen LogP contribution in [0.1, 0.15) is 0 Å². The molecule has 11 heavy (non-hydrogen) atoms. The topological polar surface area (TPSA) is 32.7 Å². The quantitative estimate of drug-likeness (QED) is 0.571. The normalized spacial score (nSPS) is 10.9. The molecule has 0 amide bonds. The Morgan fingerprint density at radius 3 is 2.55 bits per heavy atom.